The third kappa shape index (κ3) is 3.10. The van der Waals surface area contributed by atoms with Gasteiger partial charge in [0.25, 0.3) is 5.91 Å². The molecular weight excluding hydrogens is 238 g/mol. The number of nitrogens with zero attached hydrogens (tertiary/aromatic N) is 1. The molecule has 3 N–H and O–H groups in total. The largest absolute Gasteiger partial charge is 0.399 e. The molecule has 0 radical (unpaired) electrons. The Kier molecular flexibility index (Phi) is 3.80. The van der Waals surface area contributed by atoms with E-state index in [1.807, 2.05) is 38.1 Å². The number of aryl methyl sites for hydroxylation is 1. The molecule has 0 spiro atoms. The number of amides is 1. The van der Waals surface area contributed by atoms with Gasteiger partial charge in [-0.25, -0.2) is 0 Å². The van der Waals surface area contributed by atoms with Crippen LogP contribution in [0.25, 0.3) is 0 Å². The quantitative estimate of drug-likeness (QED) is 0.828. The Hall–Kier alpha value is -2.36. The Morgan fingerprint density at radius 2 is 2.11 bits per heavy atom. The Bertz CT molecular complexity index is 595. The maximum atomic E-state index is 12.2. The van der Waals surface area contributed by atoms with Gasteiger partial charge in [0, 0.05) is 17.6 Å². The number of anilines is 1. The summed E-state index contributed by atoms with van der Waals surface area (Å²) in [6.45, 7) is 3.75. The molecule has 1 heterocycles. The van der Waals surface area contributed by atoms with E-state index in [2.05, 4.69) is 10.3 Å². The van der Waals surface area contributed by atoms with E-state index in [1.54, 1.807) is 18.3 Å². The fraction of sp³-hybridized carbons (Fsp3) is 0.200. The van der Waals surface area contributed by atoms with E-state index in [-0.39, 0.29) is 11.9 Å². The van der Waals surface area contributed by atoms with Gasteiger partial charge in [-0.15, -0.1) is 0 Å². The summed E-state index contributed by atoms with van der Waals surface area (Å²) < 4.78 is 0. The predicted octanol–water partition coefficient (Wildman–Crippen LogP) is 2.46. The molecule has 98 valence electrons. The number of aromatic nitrogens is 1. The van der Waals surface area contributed by atoms with Crippen LogP contribution in [0, 0.1) is 6.92 Å². The van der Waals surface area contributed by atoms with Crippen LogP contribution in [0.1, 0.15) is 34.6 Å². The molecule has 0 aliphatic heterocycles. The normalized spacial score (nSPS) is 11.9. The van der Waals surface area contributed by atoms with Crippen LogP contribution >= 0.6 is 0 Å². The maximum Gasteiger partial charge on any atom is 0.253 e. The molecule has 0 saturated carbocycles. The summed E-state index contributed by atoms with van der Waals surface area (Å²) in [5, 5.41) is 2.95. The van der Waals surface area contributed by atoms with Gasteiger partial charge in [-0.3, -0.25) is 9.78 Å². The number of hydrogen-bond acceptors (Lipinski definition) is 3. The number of nitrogen functional groups attached to an aromatic ring is 1. The van der Waals surface area contributed by atoms with E-state index in [0.29, 0.717) is 11.3 Å². The predicted molar refractivity (Wildman–Crippen MR) is 75.7 cm³/mol. The summed E-state index contributed by atoms with van der Waals surface area (Å²) in [6.07, 6.45) is 1.67. The van der Waals surface area contributed by atoms with Crippen LogP contribution in [0.15, 0.2) is 42.6 Å². The Labute approximate surface area is 112 Å². The monoisotopic (exact) mass is 255 g/mol. The van der Waals surface area contributed by atoms with Crippen molar-refractivity contribution in [2.45, 2.75) is 19.9 Å². The molecule has 19 heavy (non-hydrogen) atoms. The van der Waals surface area contributed by atoms with Gasteiger partial charge in [0.05, 0.1) is 11.6 Å². The van der Waals surface area contributed by atoms with Crippen LogP contribution in [0.3, 0.4) is 0 Å². The van der Waals surface area contributed by atoms with Crippen molar-refractivity contribution in [3.63, 3.8) is 0 Å². The highest BCUT2D eigenvalue weighted by Crippen LogP contribution is 2.16. The fourth-order valence-electron chi connectivity index (χ4n) is 1.91. The highest BCUT2D eigenvalue weighted by molar-refractivity contribution is 5.95. The first-order valence-electron chi connectivity index (χ1n) is 6.16. The average molecular weight is 255 g/mol. The van der Waals surface area contributed by atoms with Crippen molar-refractivity contribution in [3.05, 3.63) is 59.4 Å². The lowest BCUT2D eigenvalue weighted by molar-refractivity contribution is 0.0939. The topological polar surface area (TPSA) is 68.0 Å². The minimum Gasteiger partial charge on any atom is -0.399 e. The third-order valence-electron chi connectivity index (χ3n) is 3.01. The lowest BCUT2D eigenvalue weighted by Gasteiger charge is -2.15. The zero-order chi connectivity index (χ0) is 13.8. The van der Waals surface area contributed by atoms with Gasteiger partial charge < -0.3 is 11.1 Å². The van der Waals surface area contributed by atoms with Crippen LogP contribution in [0.5, 0.6) is 0 Å². The first-order chi connectivity index (χ1) is 9.08. The zero-order valence-electron chi connectivity index (χ0n) is 11.1. The summed E-state index contributed by atoms with van der Waals surface area (Å²) in [6, 6.07) is 10.9. The molecule has 1 aromatic heterocycles. The highest BCUT2D eigenvalue weighted by atomic mass is 16.1. The SMILES string of the molecule is Cc1ncccc1C(=O)NC(C)c1cccc(N)c1. The second kappa shape index (κ2) is 5.52. The summed E-state index contributed by atoms with van der Waals surface area (Å²) >= 11 is 0. The molecule has 1 aromatic carbocycles. The molecule has 1 unspecified atom stereocenters. The van der Waals surface area contributed by atoms with Crippen molar-refractivity contribution < 1.29 is 4.79 Å². The molecule has 2 rings (SSSR count). The number of nitrogens with one attached hydrogen (secondary N) is 1. The van der Waals surface area contributed by atoms with Crippen LogP contribution in [0.4, 0.5) is 5.69 Å². The van der Waals surface area contributed by atoms with Crippen molar-refractivity contribution in [2.24, 2.45) is 0 Å². The maximum absolute atomic E-state index is 12.2. The number of nitrogens with two attached hydrogens (primary N) is 1. The number of benzene rings is 1. The van der Waals surface area contributed by atoms with Crippen LogP contribution in [-0.2, 0) is 0 Å². The number of carbonyl (C=O) groups excluding carboxylic acids is 1. The lowest BCUT2D eigenvalue weighted by Crippen LogP contribution is -2.27. The smallest absolute Gasteiger partial charge is 0.253 e. The van der Waals surface area contributed by atoms with Crippen molar-refractivity contribution in [3.8, 4) is 0 Å². The summed E-state index contributed by atoms with van der Waals surface area (Å²) in [4.78, 5) is 16.3. The summed E-state index contributed by atoms with van der Waals surface area (Å²) in [5.41, 5.74) is 8.73. The lowest BCUT2D eigenvalue weighted by atomic mass is 10.1. The Balaban J connectivity index is 2.13. The molecule has 0 fully saturated rings. The number of hydrogen-bond donors (Lipinski definition) is 2. The van der Waals surface area contributed by atoms with Gasteiger partial charge >= 0.3 is 0 Å². The van der Waals surface area contributed by atoms with E-state index >= 15 is 0 Å². The first-order valence-corrected chi connectivity index (χ1v) is 6.16. The Morgan fingerprint density at radius 3 is 2.79 bits per heavy atom. The molecule has 0 aliphatic rings. The Morgan fingerprint density at radius 1 is 1.32 bits per heavy atom. The van der Waals surface area contributed by atoms with E-state index < -0.39 is 0 Å². The summed E-state index contributed by atoms with van der Waals surface area (Å²) in [7, 11) is 0. The minimum atomic E-state index is -0.125. The van der Waals surface area contributed by atoms with Crippen LogP contribution in [0.2, 0.25) is 0 Å². The van der Waals surface area contributed by atoms with Crippen molar-refractivity contribution >= 4 is 11.6 Å². The van der Waals surface area contributed by atoms with Gasteiger partial charge in [0.2, 0.25) is 0 Å². The number of pyridine rings is 1. The van der Waals surface area contributed by atoms with Gasteiger partial charge in [-0.1, -0.05) is 12.1 Å². The number of carbonyl (C=O) groups is 1. The highest BCUT2D eigenvalue weighted by Gasteiger charge is 2.13. The van der Waals surface area contributed by atoms with Crippen molar-refractivity contribution in [1.29, 1.82) is 0 Å². The van der Waals surface area contributed by atoms with E-state index in [1.165, 1.54) is 0 Å². The number of rotatable bonds is 3. The molecule has 0 aliphatic carbocycles. The van der Waals surface area contributed by atoms with Gasteiger partial charge in [-0.05, 0) is 43.7 Å². The minimum absolute atomic E-state index is 0.101. The summed E-state index contributed by atoms with van der Waals surface area (Å²) in [5.74, 6) is -0.125. The van der Waals surface area contributed by atoms with Crippen molar-refractivity contribution in [2.75, 3.05) is 5.73 Å². The van der Waals surface area contributed by atoms with E-state index in [9.17, 15) is 4.79 Å². The molecule has 4 nitrogen and oxygen atoms in total. The zero-order valence-corrected chi connectivity index (χ0v) is 11.1. The second-order valence-electron chi connectivity index (χ2n) is 4.50. The molecule has 4 heteroatoms. The van der Waals surface area contributed by atoms with Crippen molar-refractivity contribution in [1.82, 2.24) is 10.3 Å². The standard InChI is InChI=1S/C15H17N3O/c1-10(12-5-3-6-13(16)9-12)18-15(19)14-7-4-8-17-11(14)2/h3-10H,16H2,1-2H3,(H,18,19). The van der Waals surface area contributed by atoms with Gasteiger partial charge in [-0.2, -0.15) is 0 Å². The molecule has 1 atom stereocenters. The van der Waals surface area contributed by atoms with E-state index in [0.717, 1.165) is 11.3 Å². The second-order valence-corrected chi connectivity index (χ2v) is 4.50. The molecule has 2 aromatic rings. The fourth-order valence-corrected chi connectivity index (χ4v) is 1.91. The van der Waals surface area contributed by atoms with E-state index in [4.69, 9.17) is 5.73 Å². The van der Waals surface area contributed by atoms with Gasteiger partial charge in [0.15, 0.2) is 0 Å². The third-order valence-corrected chi connectivity index (χ3v) is 3.01. The molecule has 0 bridgehead atoms. The van der Waals surface area contributed by atoms with Gasteiger partial charge in [0.1, 0.15) is 0 Å². The average Bonchev–Trinajstić information content (AvgIpc) is 2.39. The first kappa shape index (κ1) is 13.1. The molecule has 1 amide bonds. The van der Waals surface area contributed by atoms with Crippen LogP contribution in [-0.4, -0.2) is 10.9 Å². The molecular formula is C15H17N3O. The molecule has 0 saturated heterocycles. The van der Waals surface area contributed by atoms with Crippen LogP contribution < -0.4 is 11.1 Å².